The van der Waals surface area contributed by atoms with Gasteiger partial charge >= 0.3 is 5.97 Å². The molecule has 8 heteroatoms. The first-order chi connectivity index (χ1) is 9.42. The van der Waals surface area contributed by atoms with Gasteiger partial charge in [0.2, 0.25) is 0 Å². The Hall–Kier alpha value is -1.51. The van der Waals surface area contributed by atoms with Crippen LogP contribution in [0.1, 0.15) is 29.6 Å². The number of rotatable bonds is 5. The third kappa shape index (κ3) is 3.33. The average molecular weight is 300 g/mol. The van der Waals surface area contributed by atoms with Gasteiger partial charge < -0.3 is 9.84 Å². The van der Waals surface area contributed by atoms with Crippen LogP contribution in [0, 0.1) is 0 Å². The van der Waals surface area contributed by atoms with Gasteiger partial charge in [-0.3, -0.25) is 0 Å². The van der Waals surface area contributed by atoms with Gasteiger partial charge in [-0.05, 0) is 31.4 Å². The van der Waals surface area contributed by atoms with Crippen LogP contribution in [0.4, 0.5) is 0 Å². The van der Waals surface area contributed by atoms with Crippen molar-refractivity contribution in [2.75, 3.05) is 7.11 Å². The monoisotopic (exact) mass is 300 g/mol. The largest absolute Gasteiger partial charge is 0.478 e. The average Bonchev–Trinajstić information content (AvgIpc) is 2.85. The molecule has 110 valence electrons. The molecule has 7 nitrogen and oxygen atoms in total. The van der Waals surface area contributed by atoms with E-state index >= 15 is 0 Å². The Labute approximate surface area is 117 Å². The molecule has 20 heavy (non-hydrogen) atoms. The number of hydrogen-bond donors (Lipinski definition) is 2. The van der Waals surface area contributed by atoms with Crippen LogP contribution in [-0.2, 0) is 14.8 Å². The molecular weight excluding hydrogens is 284 g/mol. The third-order valence-corrected chi connectivity index (χ3v) is 4.73. The SMILES string of the molecule is COC1CCC(NS(=O)(=O)c2ccc(C(=O)O)cn2)C1. The number of aromatic nitrogens is 1. The van der Waals surface area contributed by atoms with Crippen LogP contribution in [0.25, 0.3) is 0 Å². The highest BCUT2D eigenvalue weighted by atomic mass is 32.2. The molecule has 1 aliphatic carbocycles. The molecule has 0 saturated heterocycles. The second-order valence-corrected chi connectivity index (χ2v) is 6.34. The molecule has 1 aliphatic rings. The maximum atomic E-state index is 12.1. The van der Waals surface area contributed by atoms with Gasteiger partial charge in [0.25, 0.3) is 10.0 Å². The number of carboxylic acid groups (broad SMARTS) is 1. The minimum absolute atomic E-state index is 0.0516. The van der Waals surface area contributed by atoms with E-state index in [1.54, 1.807) is 7.11 Å². The van der Waals surface area contributed by atoms with E-state index in [1.165, 1.54) is 12.1 Å². The molecule has 0 aliphatic heterocycles. The number of carbonyl (C=O) groups is 1. The maximum absolute atomic E-state index is 12.1. The predicted octanol–water partition coefficient (Wildman–Crippen LogP) is 0.626. The van der Waals surface area contributed by atoms with E-state index < -0.39 is 16.0 Å². The second kappa shape index (κ2) is 5.86. The number of methoxy groups -OCH3 is 1. The molecule has 0 amide bonds. The van der Waals surface area contributed by atoms with Gasteiger partial charge in [-0.25, -0.2) is 22.9 Å². The summed E-state index contributed by atoms with van der Waals surface area (Å²) < 4.78 is 32.0. The molecule has 0 radical (unpaired) electrons. The van der Waals surface area contributed by atoms with E-state index in [0.29, 0.717) is 12.8 Å². The zero-order valence-electron chi connectivity index (χ0n) is 10.9. The molecule has 1 fully saturated rings. The molecule has 2 atom stereocenters. The second-order valence-electron chi connectivity index (χ2n) is 4.68. The molecule has 2 rings (SSSR count). The van der Waals surface area contributed by atoms with Gasteiger partial charge in [0, 0.05) is 19.3 Å². The number of nitrogens with zero attached hydrogens (tertiary/aromatic N) is 1. The fourth-order valence-corrected chi connectivity index (χ4v) is 3.42. The van der Waals surface area contributed by atoms with Crippen molar-refractivity contribution in [1.82, 2.24) is 9.71 Å². The summed E-state index contributed by atoms with van der Waals surface area (Å²) in [5.74, 6) is -1.15. The van der Waals surface area contributed by atoms with Gasteiger partial charge in [-0.2, -0.15) is 0 Å². The highest BCUT2D eigenvalue weighted by molar-refractivity contribution is 7.89. The number of ether oxygens (including phenoxy) is 1. The number of nitrogens with one attached hydrogen (secondary N) is 1. The van der Waals surface area contributed by atoms with Crippen LogP contribution in [0.15, 0.2) is 23.4 Å². The number of carboxylic acids is 1. The summed E-state index contributed by atoms with van der Waals surface area (Å²) in [6.07, 6.45) is 3.26. The zero-order chi connectivity index (χ0) is 14.8. The number of aromatic carboxylic acids is 1. The lowest BCUT2D eigenvalue weighted by atomic mass is 10.3. The van der Waals surface area contributed by atoms with Crippen molar-refractivity contribution >= 4 is 16.0 Å². The first kappa shape index (κ1) is 14.9. The molecule has 0 bridgehead atoms. The van der Waals surface area contributed by atoms with Crippen LogP contribution < -0.4 is 4.72 Å². The van der Waals surface area contributed by atoms with Crippen molar-refractivity contribution in [3.63, 3.8) is 0 Å². The molecule has 0 spiro atoms. The first-order valence-corrected chi connectivity index (χ1v) is 7.65. The molecule has 2 N–H and O–H groups in total. The highest BCUT2D eigenvalue weighted by Crippen LogP contribution is 2.22. The summed E-state index contributed by atoms with van der Waals surface area (Å²) >= 11 is 0. The molecule has 0 aromatic carbocycles. The Kier molecular flexibility index (Phi) is 4.36. The lowest BCUT2D eigenvalue weighted by Gasteiger charge is -2.12. The molecular formula is C12H16N2O5S. The Morgan fingerprint density at radius 3 is 2.70 bits per heavy atom. The minimum atomic E-state index is -3.73. The van der Waals surface area contributed by atoms with Crippen molar-refractivity contribution in [3.8, 4) is 0 Å². The summed E-state index contributed by atoms with van der Waals surface area (Å²) in [6, 6.07) is 2.23. The Balaban J connectivity index is 2.08. The van der Waals surface area contributed by atoms with Crippen LogP contribution in [0.2, 0.25) is 0 Å². The Morgan fingerprint density at radius 1 is 1.45 bits per heavy atom. The fourth-order valence-electron chi connectivity index (χ4n) is 2.21. The summed E-state index contributed by atoms with van der Waals surface area (Å²) in [7, 11) is -2.12. The normalized spacial score (nSPS) is 22.9. The van der Waals surface area contributed by atoms with Crippen LogP contribution in [0.5, 0.6) is 0 Å². The fraction of sp³-hybridized carbons (Fsp3) is 0.500. The Bertz CT molecular complexity index is 584. The van der Waals surface area contributed by atoms with Gasteiger partial charge in [0.05, 0.1) is 11.7 Å². The maximum Gasteiger partial charge on any atom is 0.337 e. The van der Waals surface area contributed by atoms with Crippen LogP contribution in [-0.4, -0.2) is 43.7 Å². The summed E-state index contributed by atoms with van der Waals surface area (Å²) in [5, 5.41) is 8.57. The Morgan fingerprint density at radius 2 is 2.20 bits per heavy atom. The molecule has 1 saturated carbocycles. The van der Waals surface area contributed by atoms with E-state index in [0.717, 1.165) is 12.6 Å². The zero-order valence-corrected chi connectivity index (χ0v) is 11.8. The van der Waals surface area contributed by atoms with E-state index in [-0.39, 0.29) is 22.7 Å². The molecule has 1 aromatic heterocycles. The highest BCUT2D eigenvalue weighted by Gasteiger charge is 2.29. The number of sulfonamides is 1. The topological polar surface area (TPSA) is 106 Å². The number of hydrogen-bond acceptors (Lipinski definition) is 5. The molecule has 1 heterocycles. The third-order valence-electron chi connectivity index (χ3n) is 3.30. The van der Waals surface area contributed by atoms with Crippen LogP contribution >= 0.6 is 0 Å². The van der Waals surface area contributed by atoms with Crippen molar-refractivity contribution in [2.45, 2.75) is 36.4 Å². The van der Waals surface area contributed by atoms with E-state index in [2.05, 4.69) is 9.71 Å². The predicted molar refractivity (Wildman–Crippen MR) is 70.0 cm³/mol. The smallest absolute Gasteiger partial charge is 0.337 e. The quantitative estimate of drug-likeness (QED) is 0.826. The first-order valence-electron chi connectivity index (χ1n) is 6.17. The van der Waals surface area contributed by atoms with Crippen molar-refractivity contribution in [3.05, 3.63) is 23.9 Å². The van der Waals surface area contributed by atoms with E-state index in [4.69, 9.17) is 9.84 Å². The van der Waals surface area contributed by atoms with Gasteiger partial charge in [-0.1, -0.05) is 0 Å². The lowest BCUT2D eigenvalue weighted by Crippen LogP contribution is -2.34. The van der Waals surface area contributed by atoms with Gasteiger partial charge in [-0.15, -0.1) is 0 Å². The van der Waals surface area contributed by atoms with Crippen LogP contribution in [0.3, 0.4) is 0 Å². The van der Waals surface area contributed by atoms with Crippen molar-refractivity contribution < 1.29 is 23.1 Å². The van der Waals surface area contributed by atoms with Gasteiger partial charge in [0.1, 0.15) is 0 Å². The van der Waals surface area contributed by atoms with Crippen molar-refractivity contribution in [1.29, 1.82) is 0 Å². The van der Waals surface area contributed by atoms with E-state index in [1.807, 2.05) is 0 Å². The summed E-state index contributed by atoms with van der Waals surface area (Å²) in [6.45, 7) is 0. The summed E-state index contributed by atoms with van der Waals surface area (Å²) in [4.78, 5) is 14.4. The standard InChI is InChI=1S/C12H16N2O5S/c1-19-10-4-3-9(6-10)14-20(17,18)11-5-2-8(7-13-11)12(15)16/h2,5,7,9-10,14H,3-4,6H2,1H3,(H,15,16). The minimum Gasteiger partial charge on any atom is -0.478 e. The molecule has 2 unspecified atom stereocenters. The summed E-state index contributed by atoms with van der Waals surface area (Å²) in [5.41, 5.74) is -0.0516. The van der Waals surface area contributed by atoms with Gasteiger partial charge in [0.15, 0.2) is 5.03 Å². The molecule has 1 aromatic rings. The van der Waals surface area contributed by atoms with E-state index in [9.17, 15) is 13.2 Å². The lowest BCUT2D eigenvalue weighted by molar-refractivity contribution is 0.0696. The number of pyridine rings is 1. The van der Waals surface area contributed by atoms with Crippen molar-refractivity contribution in [2.24, 2.45) is 0 Å².